The van der Waals surface area contributed by atoms with Gasteiger partial charge in [-0.05, 0) is 62.6 Å². The number of piperidine rings is 1. The van der Waals surface area contributed by atoms with Crippen molar-refractivity contribution >= 4 is 17.2 Å². The SMILES string of the molecule is CCNCC1CCN(C(=O)CCCCCc2cccs2)CC1. The van der Waals surface area contributed by atoms with Gasteiger partial charge in [-0.3, -0.25) is 4.79 Å². The molecule has 22 heavy (non-hydrogen) atoms. The summed E-state index contributed by atoms with van der Waals surface area (Å²) in [7, 11) is 0. The molecule has 0 atom stereocenters. The van der Waals surface area contributed by atoms with Gasteiger partial charge >= 0.3 is 0 Å². The van der Waals surface area contributed by atoms with Crippen LogP contribution in [0.2, 0.25) is 0 Å². The van der Waals surface area contributed by atoms with Gasteiger partial charge in [-0.15, -0.1) is 11.3 Å². The third kappa shape index (κ3) is 6.09. The topological polar surface area (TPSA) is 32.3 Å². The van der Waals surface area contributed by atoms with Gasteiger partial charge in [-0.2, -0.15) is 0 Å². The monoisotopic (exact) mass is 322 g/mol. The van der Waals surface area contributed by atoms with E-state index < -0.39 is 0 Å². The maximum atomic E-state index is 12.2. The fraction of sp³-hybridized carbons (Fsp3) is 0.722. The number of rotatable bonds is 9. The Balaban J connectivity index is 1.52. The number of nitrogens with one attached hydrogen (secondary N) is 1. The Morgan fingerprint density at radius 2 is 2.14 bits per heavy atom. The molecule has 0 saturated carbocycles. The van der Waals surface area contributed by atoms with Gasteiger partial charge in [-0.1, -0.05) is 19.4 Å². The number of amides is 1. The summed E-state index contributed by atoms with van der Waals surface area (Å²) in [5.41, 5.74) is 0. The van der Waals surface area contributed by atoms with Gasteiger partial charge in [0.05, 0.1) is 0 Å². The molecule has 1 aromatic rings. The van der Waals surface area contributed by atoms with Gasteiger partial charge in [0.15, 0.2) is 0 Å². The highest BCUT2D eigenvalue weighted by atomic mass is 32.1. The van der Waals surface area contributed by atoms with E-state index in [2.05, 4.69) is 34.7 Å². The van der Waals surface area contributed by atoms with E-state index in [0.717, 1.165) is 57.8 Å². The van der Waals surface area contributed by atoms with Crippen molar-refractivity contribution in [1.82, 2.24) is 10.2 Å². The number of nitrogens with zero attached hydrogens (tertiary/aromatic N) is 1. The minimum Gasteiger partial charge on any atom is -0.343 e. The van der Waals surface area contributed by atoms with Crippen LogP contribution in [0.1, 0.15) is 50.3 Å². The van der Waals surface area contributed by atoms with Crippen molar-refractivity contribution in [2.24, 2.45) is 5.92 Å². The van der Waals surface area contributed by atoms with Crippen LogP contribution in [0.5, 0.6) is 0 Å². The van der Waals surface area contributed by atoms with Gasteiger partial charge in [0.25, 0.3) is 0 Å². The van der Waals surface area contributed by atoms with Gasteiger partial charge in [-0.25, -0.2) is 0 Å². The summed E-state index contributed by atoms with van der Waals surface area (Å²) >= 11 is 1.84. The summed E-state index contributed by atoms with van der Waals surface area (Å²) in [5.74, 6) is 1.13. The maximum absolute atomic E-state index is 12.2. The number of carbonyl (C=O) groups is 1. The molecule has 1 fully saturated rings. The maximum Gasteiger partial charge on any atom is 0.222 e. The van der Waals surface area contributed by atoms with E-state index >= 15 is 0 Å². The van der Waals surface area contributed by atoms with Crippen molar-refractivity contribution in [1.29, 1.82) is 0 Å². The molecule has 1 saturated heterocycles. The Morgan fingerprint density at radius 1 is 1.32 bits per heavy atom. The van der Waals surface area contributed by atoms with Crippen LogP contribution in [-0.4, -0.2) is 37.0 Å². The molecule has 1 N–H and O–H groups in total. The minimum absolute atomic E-state index is 0.373. The fourth-order valence-electron chi connectivity index (χ4n) is 3.10. The van der Waals surface area contributed by atoms with Gasteiger partial charge in [0.2, 0.25) is 5.91 Å². The van der Waals surface area contributed by atoms with Gasteiger partial charge in [0, 0.05) is 24.4 Å². The highest BCUT2D eigenvalue weighted by Crippen LogP contribution is 2.18. The molecule has 1 aliphatic rings. The summed E-state index contributed by atoms with van der Waals surface area (Å²) in [4.78, 5) is 15.8. The van der Waals surface area contributed by atoms with Crippen molar-refractivity contribution in [2.75, 3.05) is 26.2 Å². The van der Waals surface area contributed by atoms with Crippen molar-refractivity contribution in [2.45, 2.75) is 51.9 Å². The molecule has 0 radical (unpaired) electrons. The quantitative estimate of drug-likeness (QED) is 0.703. The molecule has 1 aromatic heterocycles. The molecular formula is C18H30N2OS. The zero-order valence-electron chi connectivity index (χ0n) is 13.9. The Hall–Kier alpha value is -0.870. The summed E-state index contributed by atoms with van der Waals surface area (Å²) < 4.78 is 0. The van der Waals surface area contributed by atoms with Crippen LogP contribution >= 0.6 is 11.3 Å². The standard InChI is InChI=1S/C18H30N2OS/c1-2-19-15-16-10-12-20(13-11-16)18(21)9-5-3-4-7-17-8-6-14-22-17/h6,8,14,16,19H,2-5,7,9-13,15H2,1H3. The Morgan fingerprint density at radius 3 is 2.82 bits per heavy atom. The molecule has 1 aliphatic heterocycles. The molecule has 2 heterocycles. The number of unbranched alkanes of at least 4 members (excludes halogenated alkanes) is 2. The van der Waals surface area contributed by atoms with Gasteiger partial charge in [0.1, 0.15) is 0 Å². The van der Waals surface area contributed by atoms with E-state index in [-0.39, 0.29) is 0 Å². The second-order valence-corrected chi connectivity index (χ2v) is 7.30. The summed E-state index contributed by atoms with van der Waals surface area (Å²) in [5, 5.41) is 5.56. The highest BCUT2D eigenvalue weighted by molar-refractivity contribution is 7.09. The second kappa shape index (κ2) is 10.0. The van der Waals surface area contributed by atoms with Crippen LogP contribution in [0.4, 0.5) is 0 Å². The van der Waals surface area contributed by atoms with Crippen LogP contribution in [0.15, 0.2) is 17.5 Å². The summed E-state index contributed by atoms with van der Waals surface area (Å²) in [6.45, 7) is 6.23. The Bertz CT molecular complexity index is 411. The lowest BCUT2D eigenvalue weighted by Crippen LogP contribution is -2.40. The number of carbonyl (C=O) groups excluding carboxylic acids is 1. The van der Waals surface area contributed by atoms with E-state index in [9.17, 15) is 4.79 Å². The minimum atomic E-state index is 0.373. The Labute approximate surface area is 139 Å². The molecule has 3 nitrogen and oxygen atoms in total. The van der Waals surface area contributed by atoms with E-state index in [1.165, 1.54) is 24.1 Å². The second-order valence-electron chi connectivity index (χ2n) is 6.27. The van der Waals surface area contributed by atoms with Gasteiger partial charge < -0.3 is 10.2 Å². The Kier molecular flexibility index (Phi) is 7.95. The molecule has 1 amide bonds. The zero-order valence-corrected chi connectivity index (χ0v) is 14.7. The smallest absolute Gasteiger partial charge is 0.222 e. The average Bonchev–Trinajstić information content (AvgIpc) is 3.06. The molecule has 0 bridgehead atoms. The summed E-state index contributed by atoms with van der Waals surface area (Å²) in [6.07, 6.45) is 7.65. The predicted molar refractivity (Wildman–Crippen MR) is 94.3 cm³/mol. The van der Waals surface area contributed by atoms with Crippen molar-refractivity contribution in [3.05, 3.63) is 22.4 Å². The normalized spacial score (nSPS) is 16.1. The lowest BCUT2D eigenvalue weighted by molar-refractivity contribution is -0.132. The molecule has 0 unspecified atom stereocenters. The lowest BCUT2D eigenvalue weighted by atomic mass is 9.96. The zero-order chi connectivity index (χ0) is 15.6. The van der Waals surface area contributed by atoms with Crippen molar-refractivity contribution in [3.63, 3.8) is 0 Å². The first-order valence-corrected chi connectivity index (χ1v) is 9.68. The predicted octanol–water partition coefficient (Wildman–Crippen LogP) is 3.70. The molecular weight excluding hydrogens is 292 g/mol. The first kappa shape index (κ1) is 17.5. The van der Waals surface area contributed by atoms with Crippen LogP contribution in [0.3, 0.4) is 0 Å². The van der Waals surface area contributed by atoms with E-state index in [0.29, 0.717) is 5.91 Å². The van der Waals surface area contributed by atoms with Crippen molar-refractivity contribution in [3.8, 4) is 0 Å². The van der Waals surface area contributed by atoms with Crippen LogP contribution < -0.4 is 5.32 Å². The third-order valence-corrected chi connectivity index (χ3v) is 5.48. The average molecular weight is 323 g/mol. The third-order valence-electron chi connectivity index (χ3n) is 4.54. The fourth-order valence-corrected chi connectivity index (χ4v) is 3.85. The molecule has 0 spiro atoms. The number of hydrogen-bond donors (Lipinski definition) is 1. The summed E-state index contributed by atoms with van der Waals surface area (Å²) in [6, 6.07) is 4.32. The number of thiophene rings is 1. The largest absolute Gasteiger partial charge is 0.343 e. The van der Waals surface area contributed by atoms with E-state index in [4.69, 9.17) is 0 Å². The molecule has 4 heteroatoms. The van der Waals surface area contributed by atoms with E-state index in [1.807, 2.05) is 11.3 Å². The van der Waals surface area contributed by atoms with Crippen LogP contribution in [0, 0.1) is 5.92 Å². The molecule has 124 valence electrons. The number of aryl methyl sites for hydroxylation is 1. The van der Waals surface area contributed by atoms with Crippen LogP contribution in [0.25, 0.3) is 0 Å². The number of hydrogen-bond acceptors (Lipinski definition) is 3. The highest BCUT2D eigenvalue weighted by Gasteiger charge is 2.21. The molecule has 2 rings (SSSR count). The van der Waals surface area contributed by atoms with Crippen molar-refractivity contribution < 1.29 is 4.79 Å². The first-order valence-electron chi connectivity index (χ1n) is 8.80. The number of likely N-dealkylation sites (tertiary alicyclic amines) is 1. The first-order chi connectivity index (χ1) is 10.8. The lowest BCUT2D eigenvalue weighted by Gasteiger charge is -2.32. The molecule has 0 aromatic carbocycles. The van der Waals surface area contributed by atoms with Crippen LogP contribution in [-0.2, 0) is 11.2 Å². The molecule has 0 aliphatic carbocycles. The van der Waals surface area contributed by atoms with E-state index in [1.54, 1.807) is 0 Å².